The molecule has 32 heavy (non-hydrogen) atoms. The highest BCUT2D eigenvalue weighted by molar-refractivity contribution is 7.93. The summed E-state index contributed by atoms with van der Waals surface area (Å²) in [4.78, 5) is 14.4. The largest absolute Gasteiger partial charge is 0.611 e. The third-order valence-corrected chi connectivity index (χ3v) is 8.18. The van der Waals surface area contributed by atoms with E-state index in [9.17, 15) is 4.55 Å². The number of rotatable bonds is 6. The summed E-state index contributed by atoms with van der Waals surface area (Å²) in [5.74, 6) is 0.391. The highest BCUT2D eigenvalue weighted by Gasteiger charge is 2.25. The van der Waals surface area contributed by atoms with Crippen LogP contribution in [0.4, 0.5) is 5.69 Å². The highest BCUT2D eigenvalue weighted by atomic mass is 32.2. The Kier molecular flexibility index (Phi) is 5.56. The van der Waals surface area contributed by atoms with Gasteiger partial charge in [-0.3, -0.25) is 0 Å². The molecule has 4 heterocycles. The Labute approximate surface area is 192 Å². The van der Waals surface area contributed by atoms with Crippen LogP contribution in [0.5, 0.6) is 0 Å². The lowest BCUT2D eigenvalue weighted by Gasteiger charge is -2.10. The van der Waals surface area contributed by atoms with E-state index in [2.05, 4.69) is 9.97 Å². The summed E-state index contributed by atoms with van der Waals surface area (Å²) in [5.41, 5.74) is 12.3. The predicted octanol–water partition coefficient (Wildman–Crippen LogP) is 4.25. The van der Waals surface area contributed by atoms with Crippen molar-refractivity contribution in [2.45, 2.75) is 4.21 Å². The highest BCUT2D eigenvalue weighted by Crippen LogP contribution is 2.43. The first-order valence-electron chi connectivity index (χ1n) is 10.00. The molecule has 0 aliphatic heterocycles. The molecule has 0 saturated carbocycles. The molecule has 0 unspecified atom stereocenters. The Hall–Kier alpha value is -2.98. The summed E-state index contributed by atoms with van der Waals surface area (Å²) in [6, 6.07) is 14.1. The average Bonchev–Trinajstić information content (AvgIpc) is 3.37. The van der Waals surface area contributed by atoms with Crippen molar-refractivity contribution in [1.82, 2.24) is 19.5 Å². The van der Waals surface area contributed by atoms with Crippen molar-refractivity contribution in [2.75, 3.05) is 25.2 Å². The molecule has 0 aliphatic rings. The van der Waals surface area contributed by atoms with Crippen LogP contribution in [-0.2, 0) is 23.0 Å². The fourth-order valence-corrected chi connectivity index (χ4v) is 6.23. The number of nitrogens with two attached hydrogens (primary N) is 1. The van der Waals surface area contributed by atoms with E-state index in [1.165, 1.54) is 11.3 Å². The molecule has 0 radical (unpaired) electrons. The van der Waals surface area contributed by atoms with E-state index in [1.54, 1.807) is 19.6 Å². The molecule has 5 aromatic rings. The Balaban J connectivity index is 1.73. The van der Waals surface area contributed by atoms with Crippen LogP contribution in [0.2, 0.25) is 0 Å². The molecule has 0 aliphatic carbocycles. The van der Waals surface area contributed by atoms with Gasteiger partial charge in [0.05, 0.1) is 24.1 Å². The standard InChI is InChI=1S/C23H21N5O2S2/c1-28-13-26-21-18(28)10-15(12-25-21)17-11-16(14-6-4-3-5-7-14)19-20(24)23(31-22(19)27-17)32(29)9-8-30-2/h3-7,10-13H,8-9,24H2,1-2H3/t32-/m1/s1. The minimum absolute atomic E-state index is 0.391. The average molecular weight is 464 g/mol. The van der Waals surface area contributed by atoms with Crippen LogP contribution in [0.15, 0.2) is 59.2 Å². The minimum atomic E-state index is -1.25. The third-order valence-electron chi connectivity index (χ3n) is 5.31. The fourth-order valence-electron chi connectivity index (χ4n) is 3.66. The van der Waals surface area contributed by atoms with E-state index >= 15 is 0 Å². The number of nitrogens with zero attached hydrogens (tertiary/aromatic N) is 4. The van der Waals surface area contributed by atoms with Gasteiger partial charge in [-0.2, -0.15) is 0 Å². The smallest absolute Gasteiger partial charge is 0.232 e. The van der Waals surface area contributed by atoms with Crippen LogP contribution in [0, 0.1) is 0 Å². The molecule has 0 fully saturated rings. The van der Waals surface area contributed by atoms with E-state index in [4.69, 9.17) is 15.5 Å². The first-order chi connectivity index (χ1) is 15.6. The van der Waals surface area contributed by atoms with E-state index in [0.29, 0.717) is 27.9 Å². The number of aryl methyl sites for hydroxylation is 1. The van der Waals surface area contributed by atoms with Crippen LogP contribution in [-0.4, -0.2) is 43.5 Å². The van der Waals surface area contributed by atoms with Crippen molar-refractivity contribution in [3.05, 3.63) is 55.0 Å². The molecule has 0 saturated heterocycles. The molecular formula is C23H21N5O2S2. The van der Waals surface area contributed by atoms with Crippen LogP contribution in [0.1, 0.15) is 0 Å². The minimum Gasteiger partial charge on any atom is -0.611 e. The van der Waals surface area contributed by atoms with Crippen molar-refractivity contribution in [3.63, 3.8) is 0 Å². The number of fused-ring (bicyclic) bond motifs is 2. The summed E-state index contributed by atoms with van der Waals surface area (Å²) in [5, 5.41) is 0.834. The summed E-state index contributed by atoms with van der Waals surface area (Å²) >= 11 is 0.124. The second-order valence-electron chi connectivity index (χ2n) is 7.37. The maximum Gasteiger partial charge on any atom is 0.232 e. The van der Waals surface area contributed by atoms with Gasteiger partial charge in [-0.1, -0.05) is 41.7 Å². The number of hydrogen-bond donors (Lipinski definition) is 1. The second-order valence-corrected chi connectivity index (χ2v) is 10.1. The molecular weight excluding hydrogens is 442 g/mol. The third kappa shape index (κ3) is 3.63. The van der Waals surface area contributed by atoms with Gasteiger partial charge in [0.2, 0.25) is 4.21 Å². The van der Waals surface area contributed by atoms with Crippen molar-refractivity contribution >= 4 is 49.6 Å². The molecule has 9 heteroatoms. The number of hydrogen-bond acceptors (Lipinski definition) is 7. The lowest BCUT2D eigenvalue weighted by Crippen LogP contribution is -2.11. The monoisotopic (exact) mass is 463 g/mol. The second kappa shape index (κ2) is 8.51. The zero-order valence-corrected chi connectivity index (χ0v) is 19.2. The van der Waals surface area contributed by atoms with Gasteiger partial charge >= 0.3 is 0 Å². The zero-order valence-electron chi connectivity index (χ0n) is 17.6. The molecule has 7 nitrogen and oxygen atoms in total. The summed E-state index contributed by atoms with van der Waals surface area (Å²) in [6.45, 7) is 0.404. The van der Waals surface area contributed by atoms with Crippen LogP contribution >= 0.6 is 11.3 Å². The SMILES string of the molecule is COCC[S@@+]([O-])c1sc2nc(-c3cnc4ncn(C)c4c3)cc(-c3ccccc3)c2c1N. The summed E-state index contributed by atoms with van der Waals surface area (Å²) < 4.78 is 20.5. The first-order valence-corrected chi connectivity index (χ1v) is 12.1. The molecule has 4 aromatic heterocycles. The predicted molar refractivity (Wildman–Crippen MR) is 130 cm³/mol. The molecule has 2 N–H and O–H groups in total. The molecule has 0 amide bonds. The van der Waals surface area contributed by atoms with Gasteiger partial charge in [0.15, 0.2) is 5.65 Å². The van der Waals surface area contributed by atoms with Gasteiger partial charge in [-0.15, -0.1) is 0 Å². The number of nitrogen functional groups attached to an aromatic ring is 1. The Morgan fingerprint density at radius 3 is 2.75 bits per heavy atom. The maximum absolute atomic E-state index is 12.9. The van der Waals surface area contributed by atoms with Crippen molar-refractivity contribution in [2.24, 2.45) is 7.05 Å². The van der Waals surface area contributed by atoms with Gasteiger partial charge in [0.25, 0.3) is 0 Å². The van der Waals surface area contributed by atoms with E-state index in [-0.39, 0.29) is 0 Å². The van der Waals surface area contributed by atoms with E-state index in [0.717, 1.165) is 38.1 Å². The number of anilines is 1. The normalized spacial score (nSPS) is 12.6. The van der Waals surface area contributed by atoms with Crippen molar-refractivity contribution in [3.8, 4) is 22.4 Å². The molecule has 162 valence electrons. The zero-order chi connectivity index (χ0) is 22.2. The first kappa shape index (κ1) is 20.9. The number of pyridine rings is 2. The molecule has 1 atom stereocenters. The molecule has 0 spiro atoms. The number of aromatic nitrogens is 4. The Morgan fingerprint density at radius 2 is 1.97 bits per heavy atom. The number of benzene rings is 1. The maximum atomic E-state index is 12.9. The molecule has 0 bridgehead atoms. The fraction of sp³-hybridized carbons (Fsp3) is 0.174. The van der Waals surface area contributed by atoms with E-state index in [1.807, 2.05) is 54.1 Å². The van der Waals surface area contributed by atoms with Crippen molar-refractivity contribution < 1.29 is 9.29 Å². The lowest BCUT2D eigenvalue weighted by molar-refractivity contribution is 0.217. The Bertz CT molecular complexity index is 1410. The molecule has 1 aromatic carbocycles. The van der Waals surface area contributed by atoms with Crippen LogP contribution in [0.3, 0.4) is 0 Å². The quantitative estimate of drug-likeness (QED) is 0.378. The van der Waals surface area contributed by atoms with Crippen LogP contribution < -0.4 is 5.73 Å². The van der Waals surface area contributed by atoms with Gasteiger partial charge in [-0.05, 0) is 23.3 Å². The van der Waals surface area contributed by atoms with E-state index < -0.39 is 11.2 Å². The van der Waals surface area contributed by atoms with Gasteiger partial charge < -0.3 is 19.6 Å². The van der Waals surface area contributed by atoms with Gasteiger partial charge in [-0.25, -0.2) is 15.0 Å². The topological polar surface area (TPSA) is 102 Å². The number of methoxy groups -OCH3 is 1. The number of ether oxygens (including phenoxy) is 1. The molecule has 5 rings (SSSR count). The summed E-state index contributed by atoms with van der Waals surface area (Å²) in [7, 11) is 3.54. The van der Waals surface area contributed by atoms with Gasteiger partial charge in [0.1, 0.15) is 16.3 Å². The number of thiophene rings is 1. The van der Waals surface area contributed by atoms with Crippen LogP contribution in [0.25, 0.3) is 43.8 Å². The summed E-state index contributed by atoms with van der Waals surface area (Å²) in [6.07, 6.45) is 3.53. The van der Waals surface area contributed by atoms with Crippen molar-refractivity contribution in [1.29, 1.82) is 0 Å². The van der Waals surface area contributed by atoms with Gasteiger partial charge in [0, 0.05) is 42.5 Å². The number of imidazole rings is 1. The lowest BCUT2D eigenvalue weighted by atomic mass is 10.0. The Morgan fingerprint density at radius 1 is 1.16 bits per heavy atom.